The third-order valence-corrected chi connectivity index (χ3v) is 2.69. The fourth-order valence-corrected chi connectivity index (χ4v) is 1.58. The molecule has 0 aliphatic heterocycles. The monoisotopic (exact) mass is 275 g/mol. The summed E-state index contributed by atoms with van der Waals surface area (Å²) in [6.07, 6.45) is 0.449. The highest BCUT2D eigenvalue weighted by Gasteiger charge is 2.05. The van der Waals surface area contributed by atoms with Crippen LogP contribution in [-0.2, 0) is 4.79 Å². The average Bonchev–Trinajstić information content (AvgIpc) is 2.13. The second-order valence-electron chi connectivity index (χ2n) is 2.92. The number of anilines is 1. The summed E-state index contributed by atoms with van der Waals surface area (Å²) in [4.78, 5) is 11.3. The lowest BCUT2D eigenvalue weighted by Gasteiger charge is -2.07. The van der Waals surface area contributed by atoms with E-state index in [0.717, 1.165) is 5.56 Å². The van der Waals surface area contributed by atoms with E-state index in [2.05, 4.69) is 21.2 Å². The molecule has 1 amide bonds. The van der Waals surface area contributed by atoms with Gasteiger partial charge in [0.1, 0.15) is 0 Å². The van der Waals surface area contributed by atoms with Crippen LogP contribution in [0.25, 0.3) is 0 Å². The van der Waals surface area contributed by atoms with Crippen molar-refractivity contribution in [1.82, 2.24) is 0 Å². The SMILES string of the molecule is Cc1cccc(NC(=O)CCBr)c1Cl. The molecule has 0 aromatic heterocycles. The zero-order chi connectivity index (χ0) is 10.6. The Hall–Kier alpha value is -0.540. The summed E-state index contributed by atoms with van der Waals surface area (Å²) in [6, 6.07) is 5.56. The Balaban J connectivity index is 2.76. The molecule has 1 rings (SSSR count). The summed E-state index contributed by atoms with van der Waals surface area (Å²) in [5.74, 6) is -0.0330. The maximum Gasteiger partial charge on any atom is 0.225 e. The van der Waals surface area contributed by atoms with Crippen LogP contribution in [-0.4, -0.2) is 11.2 Å². The number of hydrogen-bond acceptors (Lipinski definition) is 1. The molecule has 1 aromatic carbocycles. The number of halogens is 2. The second-order valence-corrected chi connectivity index (χ2v) is 4.09. The largest absolute Gasteiger partial charge is 0.325 e. The van der Waals surface area contributed by atoms with Crippen molar-refractivity contribution in [2.24, 2.45) is 0 Å². The lowest BCUT2D eigenvalue weighted by Crippen LogP contribution is -2.12. The van der Waals surface area contributed by atoms with Crippen molar-refractivity contribution in [3.8, 4) is 0 Å². The Morgan fingerprint density at radius 2 is 2.29 bits per heavy atom. The normalized spacial score (nSPS) is 9.93. The molecule has 0 saturated heterocycles. The Labute approximate surface area is 96.8 Å². The van der Waals surface area contributed by atoms with Gasteiger partial charge in [0.2, 0.25) is 5.91 Å². The first-order chi connectivity index (χ1) is 6.65. The van der Waals surface area contributed by atoms with E-state index < -0.39 is 0 Å². The van der Waals surface area contributed by atoms with E-state index in [1.165, 1.54) is 0 Å². The van der Waals surface area contributed by atoms with Crippen LogP contribution in [0.4, 0.5) is 5.69 Å². The predicted octanol–water partition coefficient (Wildman–Crippen LogP) is 3.37. The van der Waals surface area contributed by atoms with Gasteiger partial charge in [-0.3, -0.25) is 4.79 Å². The Kier molecular flexibility index (Phi) is 4.42. The van der Waals surface area contributed by atoms with Gasteiger partial charge in [-0.05, 0) is 18.6 Å². The molecule has 0 fully saturated rings. The standard InChI is InChI=1S/C10H11BrClNO/c1-7-3-2-4-8(10(7)12)13-9(14)5-6-11/h2-4H,5-6H2,1H3,(H,13,14). The van der Waals surface area contributed by atoms with Gasteiger partial charge in [0.05, 0.1) is 10.7 Å². The van der Waals surface area contributed by atoms with E-state index in [1.807, 2.05) is 19.1 Å². The third kappa shape index (κ3) is 3.00. The van der Waals surface area contributed by atoms with Crippen molar-refractivity contribution in [1.29, 1.82) is 0 Å². The first kappa shape index (κ1) is 11.5. The van der Waals surface area contributed by atoms with Gasteiger partial charge in [0.25, 0.3) is 0 Å². The van der Waals surface area contributed by atoms with E-state index in [9.17, 15) is 4.79 Å². The number of carbonyl (C=O) groups is 1. The summed E-state index contributed by atoms with van der Waals surface area (Å²) in [6.45, 7) is 1.91. The molecule has 0 bridgehead atoms. The molecular formula is C10H11BrClNO. The van der Waals surface area contributed by atoms with Crippen LogP contribution in [0.2, 0.25) is 5.02 Å². The van der Waals surface area contributed by atoms with Crippen LogP contribution in [0.1, 0.15) is 12.0 Å². The average molecular weight is 277 g/mol. The van der Waals surface area contributed by atoms with Crippen LogP contribution in [0.15, 0.2) is 18.2 Å². The van der Waals surface area contributed by atoms with Gasteiger partial charge < -0.3 is 5.32 Å². The lowest BCUT2D eigenvalue weighted by molar-refractivity contribution is -0.115. The predicted molar refractivity (Wildman–Crippen MR) is 63.2 cm³/mol. The number of carbonyl (C=O) groups excluding carboxylic acids is 1. The molecule has 1 N–H and O–H groups in total. The molecule has 0 atom stereocenters. The quantitative estimate of drug-likeness (QED) is 0.843. The number of rotatable bonds is 3. The van der Waals surface area contributed by atoms with E-state index in [0.29, 0.717) is 22.5 Å². The topological polar surface area (TPSA) is 29.1 Å². The Morgan fingerprint density at radius 3 is 2.93 bits per heavy atom. The highest BCUT2D eigenvalue weighted by atomic mass is 79.9. The first-order valence-electron chi connectivity index (χ1n) is 4.26. The highest BCUT2D eigenvalue weighted by molar-refractivity contribution is 9.09. The van der Waals surface area contributed by atoms with Crippen LogP contribution in [0.3, 0.4) is 0 Å². The van der Waals surface area contributed by atoms with Crippen molar-refractivity contribution in [2.45, 2.75) is 13.3 Å². The summed E-state index contributed by atoms with van der Waals surface area (Å²) >= 11 is 9.21. The van der Waals surface area contributed by atoms with Crippen molar-refractivity contribution in [3.05, 3.63) is 28.8 Å². The number of benzene rings is 1. The maximum atomic E-state index is 11.3. The molecule has 0 radical (unpaired) electrons. The Morgan fingerprint density at radius 1 is 1.57 bits per heavy atom. The zero-order valence-corrected chi connectivity index (χ0v) is 10.2. The van der Waals surface area contributed by atoms with E-state index in [4.69, 9.17) is 11.6 Å². The van der Waals surface area contributed by atoms with Crippen LogP contribution < -0.4 is 5.32 Å². The minimum atomic E-state index is -0.0330. The zero-order valence-electron chi connectivity index (χ0n) is 7.81. The van der Waals surface area contributed by atoms with Crippen LogP contribution in [0, 0.1) is 6.92 Å². The second kappa shape index (κ2) is 5.37. The highest BCUT2D eigenvalue weighted by Crippen LogP contribution is 2.25. The molecule has 2 nitrogen and oxygen atoms in total. The van der Waals surface area contributed by atoms with Gasteiger partial charge in [-0.15, -0.1) is 0 Å². The summed E-state index contributed by atoms with van der Waals surface area (Å²) in [5, 5.41) is 4.01. The fourth-order valence-electron chi connectivity index (χ4n) is 1.04. The number of aryl methyl sites for hydroxylation is 1. The smallest absolute Gasteiger partial charge is 0.225 e. The van der Waals surface area contributed by atoms with Crippen molar-refractivity contribution >= 4 is 39.1 Å². The Bertz CT molecular complexity index is 341. The molecule has 0 saturated carbocycles. The summed E-state index contributed by atoms with van der Waals surface area (Å²) in [7, 11) is 0. The first-order valence-corrected chi connectivity index (χ1v) is 5.76. The van der Waals surface area contributed by atoms with Crippen molar-refractivity contribution < 1.29 is 4.79 Å². The number of nitrogens with one attached hydrogen (secondary N) is 1. The molecule has 76 valence electrons. The fraction of sp³-hybridized carbons (Fsp3) is 0.300. The summed E-state index contributed by atoms with van der Waals surface area (Å²) < 4.78 is 0. The molecule has 0 unspecified atom stereocenters. The molecule has 1 aromatic rings. The summed E-state index contributed by atoms with van der Waals surface area (Å²) in [5.41, 5.74) is 1.64. The van der Waals surface area contributed by atoms with Gasteiger partial charge in [-0.2, -0.15) is 0 Å². The molecule has 4 heteroatoms. The van der Waals surface area contributed by atoms with Crippen molar-refractivity contribution in [3.63, 3.8) is 0 Å². The maximum absolute atomic E-state index is 11.3. The number of amides is 1. The molecule has 0 aliphatic rings. The minimum Gasteiger partial charge on any atom is -0.325 e. The van der Waals surface area contributed by atoms with Crippen LogP contribution in [0.5, 0.6) is 0 Å². The van der Waals surface area contributed by atoms with Crippen LogP contribution >= 0.6 is 27.5 Å². The minimum absolute atomic E-state index is 0.0330. The number of alkyl halides is 1. The molecule has 14 heavy (non-hydrogen) atoms. The third-order valence-electron chi connectivity index (χ3n) is 1.79. The molecule has 0 aliphatic carbocycles. The molecule has 0 heterocycles. The molecular weight excluding hydrogens is 265 g/mol. The van der Waals surface area contributed by atoms with Gasteiger partial charge >= 0.3 is 0 Å². The van der Waals surface area contributed by atoms with Gasteiger partial charge in [0.15, 0.2) is 0 Å². The van der Waals surface area contributed by atoms with Crippen molar-refractivity contribution in [2.75, 3.05) is 10.6 Å². The number of hydrogen-bond donors (Lipinski definition) is 1. The van der Waals surface area contributed by atoms with E-state index in [1.54, 1.807) is 6.07 Å². The van der Waals surface area contributed by atoms with E-state index in [-0.39, 0.29) is 5.91 Å². The van der Waals surface area contributed by atoms with Gasteiger partial charge in [-0.1, -0.05) is 39.7 Å². The van der Waals surface area contributed by atoms with Gasteiger partial charge in [0, 0.05) is 11.8 Å². The lowest BCUT2D eigenvalue weighted by atomic mass is 10.2. The van der Waals surface area contributed by atoms with Gasteiger partial charge in [-0.25, -0.2) is 0 Å². The molecule has 0 spiro atoms. The van der Waals surface area contributed by atoms with E-state index >= 15 is 0 Å².